The minimum atomic E-state index is -2.96. The molecule has 0 spiro atoms. The third-order valence-corrected chi connectivity index (χ3v) is 5.74. The van der Waals surface area contributed by atoms with Gasteiger partial charge in [-0.1, -0.05) is 17.7 Å². The predicted octanol–water partition coefficient (Wildman–Crippen LogP) is 1.45. The summed E-state index contributed by atoms with van der Waals surface area (Å²) in [6.45, 7) is 0.407. The van der Waals surface area contributed by atoms with E-state index < -0.39 is 9.84 Å². The zero-order valence-corrected chi connectivity index (χ0v) is 12.5. The molecule has 1 aromatic carbocycles. The maximum atomic E-state index is 11.7. The number of benzene rings is 1. The van der Waals surface area contributed by atoms with Gasteiger partial charge in [-0.2, -0.15) is 0 Å². The van der Waals surface area contributed by atoms with E-state index in [0.717, 1.165) is 0 Å². The molecule has 110 valence electrons. The monoisotopic (exact) mass is 316 g/mol. The topological polar surface area (TPSA) is 75.3 Å². The van der Waals surface area contributed by atoms with E-state index in [1.807, 2.05) is 0 Å². The number of anilines is 1. The molecule has 1 heterocycles. The maximum Gasteiger partial charge on any atom is 0.238 e. The maximum absolute atomic E-state index is 11.7. The number of sulfone groups is 1. The van der Waals surface area contributed by atoms with Gasteiger partial charge in [-0.3, -0.25) is 4.79 Å². The molecule has 0 aromatic heterocycles. The lowest BCUT2D eigenvalue weighted by Crippen LogP contribution is -2.35. The average Bonchev–Trinajstić information content (AvgIpc) is 2.69. The van der Waals surface area contributed by atoms with Crippen LogP contribution in [0.25, 0.3) is 0 Å². The number of hydrogen-bond acceptors (Lipinski definition) is 4. The average molecular weight is 317 g/mol. The molecule has 1 aromatic rings. The Kier molecular flexibility index (Phi) is 5.01. The van der Waals surface area contributed by atoms with E-state index in [9.17, 15) is 13.2 Å². The van der Waals surface area contributed by atoms with Crippen molar-refractivity contribution >= 4 is 33.0 Å². The number of carbonyl (C=O) groups excluding carboxylic acids is 1. The van der Waals surface area contributed by atoms with Crippen LogP contribution < -0.4 is 10.6 Å². The van der Waals surface area contributed by atoms with E-state index in [2.05, 4.69) is 10.6 Å². The van der Waals surface area contributed by atoms with Crippen molar-refractivity contribution in [3.63, 3.8) is 0 Å². The molecule has 1 atom stereocenters. The minimum absolute atomic E-state index is 0.0819. The van der Waals surface area contributed by atoms with Crippen LogP contribution in [0.15, 0.2) is 24.3 Å². The summed E-state index contributed by atoms with van der Waals surface area (Å²) in [5.41, 5.74) is 0.623. The van der Waals surface area contributed by atoms with E-state index in [4.69, 9.17) is 11.6 Å². The normalized spacial score (nSPS) is 20.8. The number of rotatable bonds is 5. The van der Waals surface area contributed by atoms with Gasteiger partial charge in [0.05, 0.1) is 17.5 Å². The largest absolute Gasteiger partial charge is 0.325 e. The lowest BCUT2D eigenvalue weighted by atomic mass is 10.2. The summed E-state index contributed by atoms with van der Waals surface area (Å²) in [5, 5.41) is 5.78. The van der Waals surface area contributed by atoms with Crippen molar-refractivity contribution in [3.05, 3.63) is 29.3 Å². The quantitative estimate of drug-likeness (QED) is 0.862. The number of amides is 1. The van der Waals surface area contributed by atoms with Crippen molar-refractivity contribution in [1.29, 1.82) is 0 Å². The first-order chi connectivity index (χ1) is 9.47. The Labute approximate surface area is 123 Å². The lowest BCUT2D eigenvalue weighted by molar-refractivity contribution is -0.115. The fraction of sp³-hybridized carbons (Fsp3) is 0.462. The summed E-state index contributed by atoms with van der Waals surface area (Å²) >= 11 is 5.82. The molecular formula is C13H17ClN2O3S. The van der Waals surface area contributed by atoms with Gasteiger partial charge in [-0.15, -0.1) is 0 Å². The Hall–Kier alpha value is -1.11. The molecular weight excluding hydrogens is 300 g/mol. The molecule has 0 aliphatic carbocycles. The first-order valence-electron chi connectivity index (χ1n) is 6.45. The fourth-order valence-electron chi connectivity index (χ4n) is 2.21. The molecule has 1 fully saturated rings. The Morgan fingerprint density at radius 3 is 2.85 bits per heavy atom. The second-order valence-corrected chi connectivity index (χ2v) is 7.66. The van der Waals surface area contributed by atoms with Gasteiger partial charge in [0.15, 0.2) is 9.84 Å². The highest BCUT2D eigenvalue weighted by atomic mass is 35.5. The van der Waals surface area contributed by atoms with Crippen LogP contribution in [0.1, 0.15) is 12.8 Å². The summed E-state index contributed by atoms with van der Waals surface area (Å²) < 4.78 is 23.2. The Morgan fingerprint density at radius 1 is 1.40 bits per heavy atom. The number of nitrogens with one attached hydrogen (secondary N) is 2. The molecule has 0 radical (unpaired) electrons. The van der Waals surface area contributed by atoms with Crippen LogP contribution in [0.3, 0.4) is 0 Å². The Bertz CT molecular complexity index is 589. The molecule has 2 N–H and O–H groups in total. The van der Waals surface area contributed by atoms with Crippen molar-refractivity contribution in [3.8, 4) is 0 Å². The van der Waals surface area contributed by atoms with Crippen molar-refractivity contribution in [1.82, 2.24) is 5.32 Å². The van der Waals surface area contributed by atoms with Crippen molar-refractivity contribution < 1.29 is 13.2 Å². The molecule has 1 aliphatic rings. The van der Waals surface area contributed by atoms with E-state index in [1.165, 1.54) is 0 Å². The number of halogens is 1. The molecule has 0 saturated carbocycles. The molecule has 1 saturated heterocycles. The van der Waals surface area contributed by atoms with Crippen molar-refractivity contribution in [2.45, 2.75) is 18.1 Å². The lowest BCUT2D eigenvalue weighted by Gasteiger charge is -2.11. The van der Waals surface area contributed by atoms with Gasteiger partial charge in [0.25, 0.3) is 0 Å². The van der Waals surface area contributed by atoms with Crippen LogP contribution in [0, 0.1) is 0 Å². The first kappa shape index (κ1) is 15.3. The summed E-state index contributed by atoms with van der Waals surface area (Å²) in [6.07, 6.45) is 1.38. The molecule has 1 aliphatic heterocycles. The molecule has 7 heteroatoms. The third kappa shape index (κ3) is 4.19. The van der Waals surface area contributed by atoms with Gasteiger partial charge in [-0.05, 0) is 31.0 Å². The molecule has 20 heavy (non-hydrogen) atoms. The van der Waals surface area contributed by atoms with Crippen LogP contribution in [-0.4, -0.2) is 38.4 Å². The molecule has 5 nitrogen and oxygen atoms in total. The smallest absolute Gasteiger partial charge is 0.238 e. The minimum Gasteiger partial charge on any atom is -0.325 e. The van der Waals surface area contributed by atoms with Gasteiger partial charge in [0.2, 0.25) is 5.91 Å². The Morgan fingerprint density at radius 2 is 2.20 bits per heavy atom. The standard InChI is InChI=1S/C13H17ClN2O3S/c14-10-3-1-4-11(7-10)16-13(17)9-15-8-12-5-2-6-20(12,18)19/h1,3-4,7,12,15H,2,5-6,8-9H2,(H,16,17). The summed E-state index contributed by atoms with van der Waals surface area (Å²) in [6, 6.07) is 6.86. The third-order valence-electron chi connectivity index (χ3n) is 3.23. The first-order valence-corrected chi connectivity index (χ1v) is 8.54. The second-order valence-electron chi connectivity index (χ2n) is 4.82. The highest BCUT2D eigenvalue weighted by Crippen LogP contribution is 2.19. The second kappa shape index (κ2) is 6.56. The highest BCUT2D eigenvalue weighted by Gasteiger charge is 2.30. The van der Waals surface area contributed by atoms with Crippen LogP contribution in [-0.2, 0) is 14.6 Å². The van der Waals surface area contributed by atoms with Crippen molar-refractivity contribution in [2.24, 2.45) is 0 Å². The SMILES string of the molecule is O=C(CNCC1CCCS1(=O)=O)Nc1cccc(Cl)c1. The zero-order chi connectivity index (χ0) is 14.6. The fourth-order valence-corrected chi connectivity index (χ4v) is 4.20. The van der Waals surface area contributed by atoms with Gasteiger partial charge >= 0.3 is 0 Å². The number of hydrogen-bond donors (Lipinski definition) is 2. The number of carbonyl (C=O) groups is 1. The summed E-state index contributed by atoms with van der Waals surface area (Å²) in [5.74, 6) is 0.0382. The summed E-state index contributed by atoms with van der Waals surface area (Å²) in [7, 11) is -2.96. The van der Waals surface area contributed by atoms with Crippen LogP contribution in [0.4, 0.5) is 5.69 Å². The predicted molar refractivity (Wildman–Crippen MR) is 79.8 cm³/mol. The van der Waals surface area contributed by atoms with Crippen molar-refractivity contribution in [2.75, 3.05) is 24.2 Å². The highest BCUT2D eigenvalue weighted by molar-refractivity contribution is 7.92. The summed E-state index contributed by atoms with van der Waals surface area (Å²) in [4.78, 5) is 11.7. The van der Waals surface area contributed by atoms with E-state index in [1.54, 1.807) is 24.3 Å². The Balaban J connectivity index is 1.76. The van der Waals surface area contributed by atoms with E-state index in [-0.39, 0.29) is 23.5 Å². The molecule has 2 rings (SSSR count). The molecule has 1 unspecified atom stereocenters. The van der Waals surface area contributed by atoms with Gasteiger partial charge in [0.1, 0.15) is 0 Å². The zero-order valence-electron chi connectivity index (χ0n) is 10.9. The van der Waals surface area contributed by atoms with E-state index >= 15 is 0 Å². The molecule has 1 amide bonds. The van der Waals surface area contributed by atoms with E-state index in [0.29, 0.717) is 30.1 Å². The van der Waals surface area contributed by atoms with Gasteiger partial charge in [-0.25, -0.2) is 8.42 Å². The van der Waals surface area contributed by atoms with Crippen LogP contribution in [0.5, 0.6) is 0 Å². The molecule has 0 bridgehead atoms. The van der Waals surface area contributed by atoms with Crippen LogP contribution >= 0.6 is 11.6 Å². The van der Waals surface area contributed by atoms with Crippen LogP contribution in [0.2, 0.25) is 5.02 Å². The van der Waals surface area contributed by atoms with Gasteiger partial charge in [0, 0.05) is 17.3 Å². The van der Waals surface area contributed by atoms with Gasteiger partial charge < -0.3 is 10.6 Å².